The number of imidazole rings is 1. The van der Waals surface area contributed by atoms with Crippen molar-refractivity contribution in [2.45, 2.75) is 26.3 Å². The number of aryl methyl sites for hydroxylation is 1. The lowest BCUT2D eigenvalue weighted by Crippen LogP contribution is -2.18. The first-order valence-corrected chi connectivity index (χ1v) is 8.26. The molecule has 2 aromatic carbocycles. The minimum absolute atomic E-state index is 0.0932. The Labute approximate surface area is 149 Å². The van der Waals surface area contributed by atoms with Gasteiger partial charge in [-0.15, -0.1) is 0 Å². The van der Waals surface area contributed by atoms with Gasteiger partial charge in [0.2, 0.25) is 11.9 Å². The van der Waals surface area contributed by atoms with Crippen LogP contribution in [0.1, 0.15) is 29.3 Å². The second kappa shape index (κ2) is 7.35. The van der Waals surface area contributed by atoms with E-state index in [9.17, 15) is 19.1 Å². The van der Waals surface area contributed by atoms with Crippen LogP contribution in [0.3, 0.4) is 0 Å². The predicted octanol–water partition coefficient (Wildman–Crippen LogP) is 3.46. The second-order valence-electron chi connectivity index (χ2n) is 5.95. The SMILES string of the molecule is CCCn1c(NC(=O)Cc2ccc(F)cc2)nc2ccc(C(=O)O)cc21. The average molecular weight is 355 g/mol. The van der Waals surface area contributed by atoms with Crippen LogP contribution in [0.25, 0.3) is 11.0 Å². The zero-order chi connectivity index (χ0) is 18.7. The number of benzene rings is 2. The van der Waals surface area contributed by atoms with Crippen LogP contribution >= 0.6 is 0 Å². The van der Waals surface area contributed by atoms with E-state index in [0.717, 1.165) is 6.42 Å². The van der Waals surface area contributed by atoms with E-state index in [1.165, 1.54) is 18.2 Å². The fraction of sp³-hybridized carbons (Fsp3) is 0.211. The highest BCUT2D eigenvalue weighted by molar-refractivity contribution is 5.95. The maximum absolute atomic E-state index is 13.0. The number of hydrogen-bond acceptors (Lipinski definition) is 3. The number of carbonyl (C=O) groups is 2. The highest BCUT2D eigenvalue weighted by atomic mass is 19.1. The number of carbonyl (C=O) groups excluding carboxylic acids is 1. The predicted molar refractivity (Wildman–Crippen MR) is 95.7 cm³/mol. The Morgan fingerprint density at radius 1 is 1.19 bits per heavy atom. The molecule has 1 amide bonds. The molecule has 0 spiro atoms. The van der Waals surface area contributed by atoms with Crippen molar-refractivity contribution in [3.05, 3.63) is 59.4 Å². The van der Waals surface area contributed by atoms with E-state index < -0.39 is 5.97 Å². The quantitative estimate of drug-likeness (QED) is 0.709. The molecule has 0 unspecified atom stereocenters. The molecule has 0 aliphatic rings. The van der Waals surface area contributed by atoms with Crippen LogP contribution in [0.15, 0.2) is 42.5 Å². The maximum Gasteiger partial charge on any atom is 0.335 e. The first-order chi connectivity index (χ1) is 12.5. The summed E-state index contributed by atoms with van der Waals surface area (Å²) in [6.07, 6.45) is 0.888. The van der Waals surface area contributed by atoms with Crippen molar-refractivity contribution in [1.29, 1.82) is 0 Å². The summed E-state index contributed by atoms with van der Waals surface area (Å²) in [4.78, 5) is 27.9. The molecule has 1 aromatic heterocycles. The highest BCUT2D eigenvalue weighted by Crippen LogP contribution is 2.22. The van der Waals surface area contributed by atoms with Gasteiger partial charge in [0, 0.05) is 6.54 Å². The Hall–Kier alpha value is -3.22. The number of hydrogen-bond donors (Lipinski definition) is 2. The molecule has 0 aliphatic heterocycles. The van der Waals surface area contributed by atoms with E-state index >= 15 is 0 Å². The Balaban J connectivity index is 1.88. The molecular weight excluding hydrogens is 337 g/mol. The number of amides is 1. The van der Waals surface area contributed by atoms with Crippen LogP contribution in [-0.4, -0.2) is 26.5 Å². The number of nitrogens with one attached hydrogen (secondary N) is 1. The third-order valence-corrected chi connectivity index (χ3v) is 3.97. The molecule has 0 saturated heterocycles. The smallest absolute Gasteiger partial charge is 0.335 e. The maximum atomic E-state index is 13.0. The molecule has 0 radical (unpaired) electrons. The molecule has 0 aliphatic carbocycles. The number of halogens is 1. The van der Waals surface area contributed by atoms with Crippen LogP contribution in [-0.2, 0) is 17.8 Å². The van der Waals surface area contributed by atoms with Gasteiger partial charge in [-0.25, -0.2) is 14.2 Å². The van der Waals surface area contributed by atoms with E-state index in [4.69, 9.17) is 0 Å². The van der Waals surface area contributed by atoms with Crippen LogP contribution < -0.4 is 5.32 Å². The van der Waals surface area contributed by atoms with Crippen LogP contribution in [0.5, 0.6) is 0 Å². The van der Waals surface area contributed by atoms with Crippen molar-refractivity contribution in [2.75, 3.05) is 5.32 Å². The number of aromatic nitrogens is 2. The van der Waals surface area contributed by atoms with E-state index in [1.54, 1.807) is 28.8 Å². The van der Waals surface area contributed by atoms with Gasteiger partial charge in [0.15, 0.2) is 0 Å². The largest absolute Gasteiger partial charge is 0.478 e. The molecule has 0 fully saturated rings. The van der Waals surface area contributed by atoms with Crippen molar-refractivity contribution in [2.24, 2.45) is 0 Å². The summed E-state index contributed by atoms with van der Waals surface area (Å²) in [5.74, 6) is -1.27. The van der Waals surface area contributed by atoms with E-state index in [0.29, 0.717) is 29.1 Å². The molecule has 26 heavy (non-hydrogen) atoms. The number of carboxylic acids is 1. The van der Waals surface area contributed by atoms with Gasteiger partial charge < -0.3 is 9.67 Å². The lowest BCUT2D eigenvalue weighted by Gasteiger charge is -2.09. The standard InChI is InChI=1S/C19H18FN3O3/c1-2-9-23-16-11-13(18(25)26)5-8-15(16)21-19(23)22-17(24)10-12-3-6-14(20)7-4-12/h3-8,11H,2,9-10H2,1H3,(H,25,26)(H,21,22,24). The highest BCUT2D eigenvalue weighted by Gasteiger charge is 2.15. The normalized spacial score (nSPS) is 10.8. The second-order valence-corrected chi connectivity index (χ2v) is 5.95. The molecule has 3 rings (SSSR count). The molecule has 0 atom stereocenters. The number of aromatic carboxylic acids is 1. The molecule has 1 heterocycles. The molecule has 134 valence electrons. The zero-order valence-electron chi connectivity index (χ0n) is 14.2. The lowest BCUT2D eigenvalue weighted by molar-refractivity contribution is -0.115. The summed E-state index contributed by atoms with van der Waals surface area (Å²) in [5, 5.41) is 11.9. The first-order valence-electron chi connectivity index (χ1n) is 8.26. The monoisotopic (exact) mass is 355 g/mol. The molecule has 2 N–H and O–H groups in total. The van der Waals surface area contributed by atoms with Crippen molar-refractivity contribution >= 4 is 28.9 Å². The summed E-state index contributed by atoms with van der Waals surface area (Å²) >= 11 is 0. The third-order valence-electron chi connectivity index (χ3n) is 3.97. The van der Waals surface area contributed by atoms with Crippen molar-refractivity contribution in [1.82, 2.24) is 9.55 Å². The van der Waals surface area contributed by atoms with Crippen molar-refractivity contribution in [3.63, 3.8) is 0 Å². The number of anilines is 1. The van der Waals surface area contributed by atoms with Gasteiger partial charge in [-0.1, -0.05) is 19.1 Å². The van der Waals surface area contributed by atoms with Gasteiger partial charge >= 0.3 is 5.97 Å². The number of fused-ring (bicyclic) bond motifs is 1. The number of nitrogens with zero attached hydrogens (tertiary/aromatic N) is 2. The van der Waals surface area contributed by atoms with Gasteiger partial charge in [-0.05, 0) is 42.3 Å². The summed E-state index contributed by atoms with van der Waals surface area (Å²) < 4.78 is 14.8. The van der Waals surface area contributed by atoms with Crippen molar-refractivity contribution < 1.29 is 19.1 Å². The van der Waals surface area contributed by atoms with Gasteiger partial charge in [0.25, 0.3) is 0 Å². The fourth-order valence-corrected chi connectivity index (χ4v) is 2.76. The van der Waals surface area contributed by atoms with E-state index in [-0.39, 0.29) is 23.7 Å². The van der Waals surface area contributed by atoms with Crippen LogP contribution in [0.2, 0.25) is 0 Å². The number of rotatable bonds is 6. The Bertz CT molecular complexity index is 964. The fourth-order valence-electron chi connectivity index (χ4n) is 2.76. The molecule has 0 saturated carbocycles. The third kappa shape index (κ3) is 3.72. The minimum atomic E-state index is -1.02. The average Bonchev–Trinajstić information content (AvgIpc) is 2.94. The Morgan fingerprint density at radius 3 is 2.58 bits per heavy atom. The molecule has 3 aromatic rings. The van der Waals surface area contributed by atoms with Gasteiger partial charge in [-0.3, -0.25) is 10.1 Å². The topological polar surface area (TPSA) is 84.2 Å². The van der Waals surface area contributed by atoms with Gasteiger partial charge in [0.1, 0.15) is 5.82 Å². The Kier molecular flexibility index (Phi) is 4.97. The summed E-state index contributed by atoms with van der Waals surface area (Å²) in [5.41, 5.74) is 2.12. The van der Waals surface area contributed by atoms with Crippen molar-refractivity contribution in [3.8, 4) is 0 Å². The molecule has 7 heteroatoms. The van der Waals surface area contributed by atoms with E-state index in [1.807, 2.05) is 6.92 Å². The lowest BCUT2D eigenvalue weighted by atomic mass is 10.1. The Morgan fingerprint density at radius 2 is 1.92 bits per heavy atom. The van der Waals surface area contributed by atoms with Crippen LogP contribution in [0, 0.1) is 5.82 Å². The summed E-state index contributed by atoms with van der Waals surface area (Å²) in [6.45, 7) is 2.57. The van der Waals surface area contributed by atoms with E-state index in [2.05, 4.69) is 10.3 Å². The zero-order valence-corrected chi connectivity index (χ0v) is 14.2. The van der Waals surface area contributed by atoms with Gasteiger partial charge in [0.05, 0.1) is 23.0 Å². The van der Waals surface area contributed by atoms with Crippen LogP contribution in [0.4, 0.5) is 10.3 Å². The molecule has 0 bridgehead atoms. The molecule has 6 nitrogen and oxygen atoms in total. The molecular formula is C19H18FN3O3. The minimum Gasteiger partial charge on any atom is -0.478 e. The summed E-state index contributed by atoms with van der Waals surface area (Å²) in [7, 11) is 0. The van der Waals surface area contributed by atoms with Gasteiger partial charge in [-0.2, -0.15) is 0 Å². The first kappa shape index (κ1) is 17.6. The number of carboxylic acid groups (broad SMARTS) is 1. The summed E-state index contributed by atoms with van der Waals surface area (Å²) in [6, 6.07) is 10.4.